The summed E-state index contributed by atoms with van der Waals surface area (Å²) in [7, 11) is 3.40. The maximum Gasteiger partial charge on any atom is 0.292 e. The van der Waals surface area contributed by atoms with Gasteiger partial charge in [0, 0.05) is 38.1 Å². The topological polar surface area (TPSA) is 102 Å². The first kappa shape index (κ1) is 14.5. The largest absolute Gasteiger partial charge is 0.383 e. The molecule has 1 heterocycles. The van der Waals surface area contributed by atoms with Crippen LogP contribution >= 0.6 is 0 Å². The number of nitro benzene ring substituents is 1. The number of aromatic nitrogens is 2. The lowest BCUT2D eigenvalue weighted by molar-refractivity contribution is -0.383. The first-order valence-electron chi connectivity index (χ1n) is 6.23. The maximum atomic E-state index is 12.1. The van der Waals surface area contributed by atoms with Crippen molar-refractivity contribution in [3.05, 3.63) is 52.1 Å². The van der Waals surface area contributed by atoms with Crippen LogP contribution in [0.3, 0.4) is 0 Å². The van der Waals surface area contributed by atoms with E-state index in [1.807, 2.05) is 7.05 Å². The molecule has 0 bridgehead atoms. The molecule has 110 valence electrons. The first-order chi connectivity index (χ1) is 10.0. The number of carbonyl (C=O) groups excluding carboxylic acids is 1. The molecule has 8 nitrogen and oxygen atoms in total. The lowest BCUT2D eigenvalue weighted by atomic mass is 10.1. The monoisotopic (exact) mass is 289 g/mol. The van der Waals surface area contributed by atoms with E-state index in [0.717, 1.165) is 5.82 Å². The third-order valence-corrected chi connectivity index (χ3v) is 3.05. The van der Waals surface area contributed by atoms with Crippen molar-refractivity contribution in [3.8, 4) is 0 Å². The second-order valence-corrected chi connectivity index (χ2v) is 4.38. The van der Waals surface area contributed by atoms with Crippen molar-refractivity contribution in [1.82, 2.24) is 14.9 Å². The summed E-state index contributed by atoms with van der Waals surface area (Å²) in [6.45, 7) is 0.286. The van der Waals surface area contributed by atoms with Crippen molar-refractivity contribution in [2.45, 2.75) is 6.54 Å². The van der Waals surface area contributed by atoms with Crippen LogP contribution in [-0.4, -0.2) is 27.4 Å². The smallest absolute Gasteiger partial charge is 0.292 e. The predicted molar refractivity (Wildman–Crippen MR) is 77.0 cm³/mol. The van der Waals surface area contributed by atoms with Gasteiger partial charge in [0.05, 0.1) is 11.5 Å². The summed E-state index contributed by atoms with van der Waals surface area (Å²) in [6, 6.07) is 4.18. The molecule has 0 atom stereocenters. The Hall–Kier alpha value is -2.90. The molecule has 2 aromatic rings. The van der Waals surface area contributed by atoms with E-state index in [0.29, 0.717) is 11.3 Å². The van der Waals surface area contributed by atoms with Crippen molar-refractivity contribution >= 4 is 17.3 Å². The lowest BCUT2D eigenvalue weighted by Crippen LogP contribution is -2.24. The Morgan fingerprint density at radius 3 is 2.81 bits per heavy atom. The first-order valence-corrected chi connectivity index (χ1v) is 6.23. The van der Waals surface area contributed by atoms with Gasteiger partial charge in [-0.25, -0.2) is 4.98 Å². The van der Waals surface area contributed by atoms with Gasteiger partial charge in [0.15, 0.2) is 0 Å². The maximum absolute atomic E-state index is 12.1. The van der Waals surface area contributed by atoms with Gasteiger partial charge >= 0.3 is 0 Å². The zero-order chi connectivity index (χ0) is 15.4. The van der Waals surface area contributed by atoms with E-state index in [2.05, 4.69) is 15.6 Å². The number of aryl methyl sites for hydroxylation is 1. The van der Waals surface area contributed by atoms with E-state index in [4.69, 9.17) is 0 Å². The molecule has 0 aliphatic rings. The van der Waals surface area contributed by atoms with Crippen molar-refractivity contribution < 1.29 is 9.72 Å². The van der Waals surface area contributed by atoms with E-state index in [1.54, 1.807) is 24.0 Å². The summed E-state index contributed by atoms with van der Waals surface area (Å²) in [4.78, 5) is 26.5. The summed E-state index contributed by atoms with van der Waals surface area (Å²) >= 11 is 0. The van der Waals surface area contributed by atoms with Gasteiger partial charge < -0.3 is 15.2 Å². The Balaban J connectivity index is 2.12. The number of hydrogen-bond donors (Lipinski definition) is 2. The average Bonchev–Trinajstić information content (AvgIpc) is 2.89. The molecule has 0 saturated carbocycles. The number of carbonyl (C=O) groups is 1. The van der Waals surface area contributed by atoms with Crippen LogP contribution in [0.25, 0.3) is 0 Å². The summed E-state index contributed by atoms with van der Waals surface area (Å²) in [6.07, 6.45) is 3.43. The summed E-state index contributed by atoms with van der Waals surface area (Å²) < 4.78 is 1.80. The molecule has 0 radical (unpaired) electrons. The van der Waals surface area contributed by atoms with Gasteiger partial charge in [-0.3, -0.25) is 14.9 Å². The van der Waals surface area contributed by atoms with E-state index < -0.39 is 4.92 Å². The molecular weight excluding hydrogens is 274 g/mol. The van der Waals surface area contributed by atoms with Crippen molar-refractivity contribution in [2.75, 3.05) is 12.4 Å². The average molecular weight is 289 g/mol. The van der Waals surface area contributed by atoms with E-state index in [-0.39, 0.29) is 18.1 Å². The molecule has 2 N–H and O–H groups in total. The van der Waals surface area contributed by atoms with Gasteiger partial charge in [0.2, 0.25) is 0 Å². The fourth-order valence-electron chi connectivity index (χ4n) is 1.86. The van der Waals surface area contributed by atoms with Crippen LogP contribution in [0.1, 0.15) is 16.2 Å². The van der Waals surface area contributed by atoms with Crippen LogP contribution in [-0.2, 0) is 13.6 Å². The molecule has 1 aromatic carbocycles. The highest BCUT2D eigenvalue weighted by Crippen LogP contribution is 2.24. The Kier molecular flexibility index (Phi) is 4.17. The zero-order valence-corrected chi connectivity index (χ0v) is 11.7. The summed E-state index contributed by atoms with van der Waals surface area (Å²) in [5, 5.41) is 16.3. The second-order valence-electron chi connectivity index (χ2n) is 4.38. The highest BCUT2D eigenvalue weighted by molar-refractivity contribution is 5.95. The number of imidazole rings is 1. The van der Waals surface area contributed by atoms with E-state index >= 15 is 0 Å². The van der Waals surface area contributed by atoms with E-state index in [1.165, 1.54) is 18.2 Å². The van der Waals surface area contributed by atoms with Crippen LogP contribution < -0.4 is 10.6 Å². The number of anilines is 1. The van der Waals surface area contributed by atoms with Gasteiger partial charge in [0.25, 0.3) is 11.6 Å². The minimum atomic E-state index is -0.499. The summed E-state index contributed by atoms with van der Waals surface area (Å²) in [5.74, 6) is 0.406. The van der Waals surface area contributed by atoms with Crippen molar-refractivity contribution in [1.29, 1.82) is 0 Å². The van der Waals surface area contributed by atoms with Gasteiger partial charge in [-0.1, -0.05) is 0 Å². The SMILES string of the molecule is CNc1cc(C(=O)NCc2nccn2C)ccc1[N+](=O)[O-]. The molecule has 0 unspecified atom stereocenters. The normalized spacial score (nSPS) is 10.2. The fourth-order valence-corrected chi connectivity index (χ4v) is 1.86. The Morgan fingerprint density at radius 2 is 2.24 bits per heavy atom. The molecule has 0 fully saturated rings. The van der Waals surface area contributed by atoms with Crippen LogP contribution in [0.15, 0.2) is 30.6 Å². The van der Waals surface area contributed by atoms with Crippen LogP contribution in [0.5, 0.6) is 0 Å². The molecular formula is C13H15N5O3. The summed E-state index contributed by atoms with van der Waals surface area (Å²) in [5.41, 5.74) is 0.571. The molecule has 1 aromatic heterocycles. The number of benzene rings is 1. The molecule has 2 rings (SSSR count). The Labute approximate surface area is 121 Å². The fraction of sp³-hybridized carbons (Fsp3) is 0.231. The van der Waals surface area contributed by atoms with Crippen LogP contribution in [0.4, 0.5) is 11.4 Å². The second kappa shape index (κ2) is 6.04. The molecule has 21 heavy (non-hydrogen) atoms. The number of nitro groups is 1. The van der Waals surface area contributed by atoms with Crippen LogP contribution in [0, 0.1) is 10.1 Å². The van der Waals surface area contributed by atoms with E-state index in [9.17, 15) is 14.9 Å². The predicted octanol–water partition coefficient (Wildman–Crippen LogP) is 1.30. The molecule has 0 aliphatic carbocycles. The van der Waals surface area contributed by atoms with Gasteiger partial charge in [-0.2, -0.15) is 0 Å². The quantitative estimate of drug-likeness (QED) is 0.638. The number of nitrogens with zero attached hydrogens (tertiary/aromatic N) is 3. The highest BCUT2D eigenvalue weighted by Gasteiger charge is 2.16. The number of hydrogen-bond acceptors (Lipinski definition) is 5. The molecule has 0 saturated heterocycles. The Morgan fingerprint density at radius 1 is 1.48 bits per heavy atom. The van der Waals surface area contributed by atoms with Gasteiger partial charge in [0.1, 0.15) is 11.5 Å². The minimum absolute atomic E-state index is 0.0712. The van der Waals surface area contributed by atoms with Crippen molar-refractivity contribution in [3.63, 3.8) is 0 Å². The van der Waals surface area contributed by atoms with Gasteiger partial charge in [-0.05, 0) is 12.1 Å². The van der Waals surface area contributed by atoms with Crippen molar-refractivity contribution in [2.24, 2.45) is 7.05 Å². The molecule has 0 spiro atoms. The number of nitrogens with one attached hydrogen (secondary N) is 2. The zero-order valence-electron chi connectivity index (χ0n) is 11.7. The number of amides is 1. The van der Waals surface area contributed by atoms with Gasteiger partial charge in [-0.15, -0.1) is 0 Å². The lowest BCUT2D eigenvalue weighted by Gasteiger charge is -2.07. The third-order valence-electron chi connectivity index (χ3n) is 3.05. The molecule has 1 amide bonds. The Bertz CT molecular complexity index is 680. The molecule has 8 heteroatoms. The highest BCUT2D eigenvalue weighted by atomic mass is 16.6. The standard InChI is InChI=1S/C13H15N5O3/c1-14-10-7-9(3-4-11(10)18(20)21)13(19)16-8-12-15-5-6-17(12)2/h3-7,14H,8H2,1-2H3,(H,16,19). The minimum Gasteiger partial charge on any atom is -0.383 e. The molecule has 0 aliphatic heterocycles. The van der Waals surface area contributed by atoms with Crippen LogP contribution in [0.2, 0.25) is 0 Å². The third kappa shape index (κ3) is 3.16. The number of rotatable bonds is 5.